The first-order chi connectivity index (χ1) is 8.98. The second-order valence-electron chi connectivity index (χ2n) is 6.27. The molecule has 2 rings (SSSR count). The lowest BCUT2D eigenvalue weighted by Gasteiger charge is -2.38. The molecule has 1 aliphatic heterocycles. The predicted octanol–water partition coefficient (Wildman–Crippen LogP) is 0.630. The molecule has 2 fully saturated rings. The fraction of sp³-hybridized carbons (Fsp3) is 0.929. The van der Waals surface area contributed by atoms with E-state index in [-0.39, 0.29) is 5.92 Å². The van der Waals surface area contributed by atoms with Crippen molar-refractivity contribution in [3.8, 4) is 0 Å². The lowest BCUT2D eigenvalue weighted by Crippen LogP contribution is -2.47. The van der Waals surface area contributed by atoms with Crippen LogP contribution in [0.2, 0.25) is 0 Å². The van der Waals surface area contributed by atoms with E-state index >= 15 is 0 Å². The van der Waals surface area contributed by atoms with E-state index in [2.05, 4.69) is 16.8 Å². The Labute approximate surface area is 115 Å². The van der Waals surface area contributed by atoms with Gasteiger partial charge in [-0.05, 0) is 52.2 Å². The average Bonchev–Trinajstić information content (AvgIpc) is 2.54. The van der Waals surface area contributed by atoms with E-state index in [0.29, 0.717) is 32.2 Å². The summed E-state index contributed by atoms with van der Waals surface area (Å²) in [5, 5.41) is 19.6. The molecule has 0 radical (unpaired) electrons. The van der Waals surface area contributed by atoms with Crippen LogP contribution in [-0.2, 0) is 4.79 Å². The molecule has 0 atom stereocenters. The molecule has 2 N–H and O–H groups in total. The summed E-state index contributed by atoms with van der Waals surface area (Å²) in [6, 6.07) is 0. The van der Waals surface area contributed by atoms with Crippen LogP contribution >= 0.6 is 0 Å². The van der Waals surface area contributed by atoms with Gasteiger partial charge >= 0.3 is 5.97 Å². The molecule has 0 aromatic heterocycles. The Morgan fingerprint density at radius 2 is 1.89 bits per heavy atom. The summed E-state index contributed by atoms with van der Waals surface area (Å²) in [5.41, 5.74) is -0.672. The minimum absolute atomic E-state index is 0.254. The second kappa shape index (κ2) is 6.20. The van der Waals surface area contributed by atoms with E-state index in [1.165, 1.54) is 0 Å². The average molecular weight is 270 g/mol. The highest BCUT2D eigenvalue weighted by molar-refractivity contribution is 5.70. The van der Waals surface area contributed by atoms with E-state index in [1.807, 2.05) is 0 Å². The molecule has 19 heavy (non-hydrogen) atoms. The molecular formula is C14H26N2O3. The Bertz CT molecular complexity index is 314. The highest BCUT2D eigenvalue weighted by atomic mass is 16.4. The summed E-state index contributed by atoms with van der Waals surface area (Å²) in [7, 11) is 2.14. The van der Waals surface area contributed by atoms with E-state index in [4.69, 9.17) is 5.11 Å². The van der Waals surface area contributed by atoms with Gasteiger partial charge in [-0.25, -0.2) is 0 Å². The molecule has 0 aromatic carbocycles. The number of carboxylic acid groups (broad SMARTS) is 1. The number of aliphatic hydroxyl groups is 1. The number of carbonyl (C=O) groups is 1. The number of carboxylic acids is 1. The quantitative estimate of drug-likeness (QED) is 0.787. The van der Waals surface area contributed by atoms with Crippen LogP contribution in [0.5, 0.6) is 0 Å². The first-order valence-electron chi connectivity index (χ1n) is 7.35. The number of β-amino-alcohol motifs (C(OH)–C–C–N with tert-alkyl or cyclic N) is 1. The third kappa shape index (κ3) is 4.16. The highest BCUT2D eigenvalue weighted by Crippen LogP contribution is 2.33. The summed E-state index contributed by atoms with van der Waals surface area (Å²) in [4.78, 5) is 15.6. The summed E-state index contributed by atoms with van der Waals surface area (Å²) in [6.07, 6.45) is 3.61. The molecule has 0 spiro atoms. The molecule has 5 nitrogen and oxygen atoms in total. The van der Waals surface area contributed by atoms with Crippen molar-refractivity contribution in [2.24, 2.45) is 5.92 Å². The van der Waals surface area contributed by atoms with Gasteiger partial charge in [0.1, 0.15) is 0 Å². The van der Waals surface area contributed by atoms with Crippen molar-refractivity contribution in [1.82, 2.24) is 9.80 Å². The lowest BCUT2D eigenvalue weighted by atomic mass is 9.78. The zero-order chi connectivity index (χ0) is 13.9. The zero-order valence-corrected chi connectivity index (χ0v) is 11.8. The van der Waals surface area contributed by atoms with Gasteiger partial charge in [-0.3, -0.25) is 9.69 Å². The Morgan fingerprint density at radius 1 is 1.21 bits per heavy atom. The minimum atomic E-state index is -0.710. The first-order valence-corrected chi connectivity index (χ1v) is 7.35. The van der Waals surface area contributed by atoms with E-state index < -0.39 is 11.6 Å². The molecule has 1 saturated carbocycles. The Balaban J connectivity index is 1.83. The van der Waals surface area contributed by atoms with Gasteiger partial charge in [0.15, 0.2) is 0 Å². The van der Waals surface area contributed by atoms with Gasteiger partial charge in [0.05, 0.1) is 11.5 Å². The number of hydrogen-bond acceptors (Lipinski definition) is 4. The SMILES string of the molecule is CN1CCCN(CC2(O)CCC(C(=O)O)CC2)CC1. The topological polar surface area (TPSA) is 64.0 Å². The molecule has 1 saturated heterocycles. The first kappa shape index (κ1) is 14.8. The number of aliphatic carboxylic acids is 1. The maximum absolute atomic E-state index is 10.9. The van der Waals surface area contributed by atoms with Crippen LogP contribution in [0.1, 0.15) is 32.1 Å². The molecule has 1 heterocycles. The summed E-state index contributed by atoms with van der Waals surface area (Å²) >= 11 is 0. The normalized spacial score (nSPS) is 34.9. The van der Waals surface area contributed by atoms with Crippen molar-refractivity contribution in [1.29, 1.82) is 0 Å². The van der Waals surface area contributed by atoms with Gasteiger partial charge < -0.3 is 15.1 Å². The van der Waals surface area contributed by atoms with Crippen LogP contribution in [0.3, 0.4) is 0 Å². The highest BCUT2D eigenvalue weighted by Gasteiger charge is 2.37. The van der Waals surface area contributed by atoms with E-state index in [1.54, 1.807) is 0 Å². The van der Waals surface area contributed by atoms with Crippen molar-refractivity contribution in [2.75, 3.05) is 39.8 Å². The van der Waals surface area contributed by atoms with Gasteiger partial charge in [-0.15, -0.1) is 0 Å². The predicted molar refractivity (Wildman–Crippen MR) is 73.1 cm³/mol. The van der Waals surface area contributed by atoms with Gasteiger partial charge in [0, 0.05) is 19.6 Å². The van der Waals surface area contributed by atoms with Gasteiger partial charge in [-0.2, -0.15) is 0 Å². The van der Waals surface area contributed by atoms with Crippen LogP contribution in [0, 0.1) is 5.92 Å². The van der Waals surface area contributed by atoms with Crippen molar-refractivity contribution in [2.45, 2.75) is 37.7 Å². The van der Waals surface area contributed by atoms with Crippen molar-refractivity contribution < 1.29 is 15.0 Å². The fourth-order valence-corrected chi connectivity index (χ4v) is 3.23. The number of rotatable bonds is 3. The van der Waals surface area contributed by atoms with Crippen LogP contribution in [0.25, 0.3) is 0 Å². The standard InChI is InChI=1S/C14H26N2O3/c1-15-7-2-8-16(10-9-15)11-14(19)5-3-12(4-6-14)13(17)18/h12,19H,2-11H2,1H3,(H,17,18). The Hall–Kier alpha value is -0.650. The largest absolute Gasteiger partial charge is 0.481 e. The van der Waals surface area contributed by atoms with E-state index in [0.717, 1.165) is 32.6 Å². The van der Waals surface area contributed by atoms with Gasteiger partial charge in [0.25, 0.3) is 0 Å². The summed E-state index contributed by atoms with van der Waals surface area (Å²) < 4.78 is 0. The minimum Gasteiger partial charge on any atom is -0.481 e. The monoisotopic (exact) mass is 270 g/mol. The summed E-state index contributed by atoms with van der Waals surface area (Å²) in [5.74, 6) is -0.964. The zero-order valence-electron chi connectivity index (χ0n) is 11.8. The Kier molecular flexibility index (Phi) is 4.81. The maximum atomic E-state index is 10.9. The molecular weight excluding hydrogens is 244 g/mol. The Morgan fingerprint density at radius 3 is 2.53 bits per heavy atom. The van der Waals surface area contributed by atoms with Crippen LogP contribution in [0.4, 0.5) is 0 Å². The smallest absolute Gasteiger partial charge is 0.306 e. The molecule has 0 aromatic rings. The third-order valence-electron chi connectivity index (χ3n) is 4.60. The van der Waals surface area contributed by atoms with Crippen molar-refractivity contribution >= 4 is 5.97 Å². The van der Waals surface area contributed by atoms with Crippen LogP contribution in [0.15, 0.2) is 0 Å². The second-order valence-corrected chi connectivity index (χ2v) is 6.27. The molecule has 1 aliphatic carbocycles. The molecule has 5 heteroatoms. The van der Waals surface area contributed by atoms with Crippen molar-refractivity contribution in [3.05, 3.63) is 0 Å². The number of likely N-dealkylation sites (N-methyl/N-ethyl adjacent to an activating group) is 1. The number of hydrogen-bond donors (Lipinski definition) is 2. The van der Waals surface area contributed by atoms with Gasteiger partial charge in [-0.1, -0.05) is 0 Å². The van der Waals surface area contributed by atoms with Crippen LogP contribution in [-0.4, -0.2) is 71.4 Å². The molecule has 0 unspecified atom stereocenters. The molecule has 2 aliphatic rings. The maximum Gasteiger partial charge on any atom is 0.306 e. The molecule has 0 amide bonds. The van der Waals surface area contributed by atoms with Gasteiger partial charge in [0.2, 0.25) is 0 Å². The van der Waals surface area contributed by atoms with Crippen LogP contribution < -0.4 is 0 Å². The fourth-order valence-electron chi connectivity index (χ4n) is 3.23. The lowest BCUT2D eigenvalue weighted by molar-refractivity contribution is -0.145. The molecule has 0 bridgehead atoms. The summed E-state index contributed by atoms with van der Waals surface area (Å²) in [6.45, 7) is 4.91. The third-order valence-corrected chi connectivity index (χ3v) is 4.60. The number of nitrogens with zero attached hydrogens (tertiary/aromatic N) is 2. The van der Waals surface area contributed by atoms with Crippen molar-refractivity contribution in [3.63, 3.8) is 0 Å². The molecule has 110 valence electrons. The van der Waals surface area contributed by atoms with E-state index in [9.17, 15) is 9.90 Å².